The van der Waals surface area contributed by atoms with Crippen molar-refractivity contribution in [2.45, 2.75) is 50.2 Å². The van der Waals surface area contributed by atoms with Crippen molar-refractivity contribution in [1.82, 2.24) is 15.1 Å². The first kappa shape index (κ1) is 31.9. The summed E-state index contributed by atoms with van der Waals surface area (Å²) in [4.78, 5) is 52.3. The van der Waals surface area contributed by atoms with Gasteiger partial charge in [-0.05, 0) is 55.2 Å². The highest BCUT2D eigenvalue weighted by Crippen LogP contribution is 2.52. The Morgan fingerprint density at radius 3 is 2.07 bits per heavy atom. The molecule has 3 aliphatic heterocycles. The maximum atomic E-state index is 13.9. The number of nitrogens with zero attached hydrogens (tertiary/aromatic N) is 2. The van der Waals surface area contributed by atoms with Crippen molar-refractivity contribution in [2.75, 3.05) is 13.1 Å². The molecule has 0 aromatic heterocycles. The van der Waals surface area contributed by atoms with Gasteiger partial charge in [0.25, 0.3) is 0 Å². The molecule has 8 nitrogen and oxygen atoms in total. The molecule has 5 rings (SSSR count). The van der Waals surface area contributed by atoms with Crippen molar-refractivity contribution in [1.29, 1.82) is 0 Å². The zero-order valence-corrected chi connectivity index (χ0v) is 22.5. The minimum absolute atomic E-state index is 0.147. The van der Waals surface area contributed by atoms with E-state index in [0.29, 0.717) is 24.9 Å². The second-order valence-electron chi connectivity index (χ2n) is 10.4. The summed E-state index contributed by atoms with van der Waals surface area (Å²) in [6.45, 7) is 2.47. The lowest BCUT2D eigenvalue weighted by Gasteiger charge is -2.42. The van der Waals surface area contributed by atoms with Crippen molar-refractivity contribution in [3.05, 3.63) is 71.0 Å². The molecule has 4 atom stereocenters. The number of hydrogen-bond acceptors (Lipinski definition) is 5. The number of carboxylic acid groups (broad SMARTS) is 1. The molecular weight excluding hydrogens is 591 g/mol. The van der Waals surface area contributed by atoms with Gasteiger partial charge in [0.15, 0.2) is 0 Å². The predicted octanol–water partition coefficient (Wildman–Crippen LogP) is 4.30. The monoisotopic (exact) mass is 617 g/mol. The third-order valence-corrected chi connectivity index (χ3v) is 7.86. The van der Waals surface area contributed by atoms with E-state index in [2.05, 4.69) is 5.32 Å². The van der Waals surface area contributed by atoms with E-state index in [9.17, 15) is 45.1 Å². The van der Waals surface area contributed by atoms with E-state index in [1.807, 2.05) is 0 Å². The molecule has 3 saturated heterocycles. The van der Waals surface area contributed by atoms with E-state index in [1.54, 1.807) is 24.0 Å². The molecule has 3 heterocycles. The van der Waals surface area contributed by atoms with Crippen molar-refractivity contribution < 1.29 is 55.0 Å². The van der Waals surface area contributed by atoms with Crippen LogP contribution in [0.1, 0.15) is 42.5 Å². The normalized spacial score (nSPS) is 25.6. The molecule has 0 bridgehead atoms. The van der Waals surface area contributed by atoms with Crippen molar-refractivity contribution in [3.8, 4) is 0 Å². The smallest absolute Gasteiger partial charge is 0.475 e. The molecule has 0 unspecified atom stereocenters. The number of piperidine rings is 1. The van der Waals surface area contributed by atoms with Gasteiger partial charge in [-0.2, -0.15) is 26.3 Å². The van der Waals surface area contributed by atoms with Gasteiger partial charge in [-0.3, -0.25) is 24.6 Å². The number of benzene rings is 2. The molecular formula is C28H26F7N3O5. The number of fused-ring (bicyclic) bond motifs is 2. The highest BCUT2D eigenvalue weighted by molar-refractivity contribution is 6.10. The lowest BCUT2D eigenvalue weighted by molar-refractivity contribution is -0.192. The lowest BCUT2D eigenvalue weighted by atomic mass is 9.74. The summed E-state index contributed by atoms with van der Waals surface area (Å²) < 4.78 is 84.4. The Kier molecular flexibility index (Phi) is 8.60. The summed E-state index contributed by atoms with van der Waals surface area (Å²) in [5.41, 5.74) is -1.04. The van der Waals surface area contributed by atoms with Gasteiger partial charge in [0, 0.05) is 25.7 Å². The number of carboxylic acids is 1. The lowest BCUT2D eigenvalue weighted by Crippen LogP contribution is -2.63. The van der Waals surface area contributed by atoms with Gasteiger partial charge in [0.1, 0.15) is 11.4 Å². The number of alkyl halides is 6. The van der Waals surface area contributed by atoms with Crippen molar-refractivity contribution >= 4 is 23.7 Å². The van der Waals surface area contributed by atoms with Gasteiger partial charge in [-0.1, -0.05) is 24.3 Å². The van der Waals surface area contributed by atoms with Crippen LogP contribution in [-0.4, -0.2) is 63.4 Å². The van der Waals surface area contributed by atoms with Crippen LogP contribution in [0.2, 0.25) is 0 Å². The number of carbonyl (C=O) groups excluding carboxylic acids is 3. The van der Waals surface area contributed by atoms with Gasteiger partial charge < -0.3 is 10.0 Å². The molecule has 15 heteroatoms. The number of nitrogens with one attached hydrogen (secondary N) is 1. The average Bonchev–Trinajstić information content (AvgIpc) is 3.40. The molecule has 3 fully saturated rings. The van der Waals surface area contributed by atoms with Gasteiger partial charge in [-0.15, -0.1) is 0 Å². The van der Waals surface area contributed by atoms with E-state index in [0.717, 1.165) is 22.6 Å². The number of carbonyl (C=O) groups is 4. The molecule has 1 spiro atoms. The standard InChI is InChI=1S/C26H25F4N3O3.C2HF3O2/c1-2-33-22(34)19-20(23(33)35)25(31-21(19)16-6-8-17(9-7-16)26(28,29)30)12-3-13-32(24(25)36)14-15-4-10-18(27)11-5-15;3-2(4,5)1(6)7/h4-11,19-21,31H,2-3,12-14H2,1H3;(H,6,7)/t19-,20-,21-,25-;/m1./s1. The number of hydrogen-bond donors (Lipinski definition) is 2. The second kappa shape index (κ2) is 11.6. The Hall–Kier alpha value is -4.01. The molecule has 2 aromatic carbocycles. The largest absolute Gasteiger partial charge is 0.490 e. The fraction of sp³-hybridized carbons (Fsp3) is 0.429. The summed E-state index contributed by atoms with van der Waals surface area (Å²) in [5.74, 6) is -6.20. The molecule has 3 aliphatic rings. The van der Waals surface area contributed by atoms with E-state index in [-0.39, 0.29) is 19.0 Å². The van der Waals surface area contributed by atoms with E-state index in [4.69, 9.17) is 9.90 Å². The SMILES string of the molecule is CCN1C(=O)[C@H]2[C@@H](c3ccc(C(F)(F)F)cc3)N[C@]3(CCCN(Cc4ccc(F)cc4)C3=O)[C@H]2C1=O.O=C(O)C(F)(F)F. The van der Waals surface area contributed by atoms with Crippen LogP contribution in [0.3, 0.4) is 0 Å². The quantitative estimate of drug-likeness (QED) is 0.392. The summed E-state index contributed by atoms with van der Waals surface area (Å²) >= 11 is 0. The topological polar surface area (TPSA) is 107 Å². The average molecular weight is 618 g/mol. The van der Waals surface area contributed by atoms with E-state index < -0.39 is 64.9 Å². The highest BCUT2D eigenvalue weighted by Gasteiger charge is 2.68. The maximum Gasteiger partial charge on any atom is 0.490 e. The first-order valence-corrected chi connectivity index (χ1v) is 13.1. The third-order valence-electron chi connectivity index (χ3n) is 7.86. The molecule has 232 valence electrons. The van der Waals surface area contributed by atoms with Crippen LogP contribution in [0, 0.1) is 17.7 Å². The highest BCUT2D eigenvalue weighted by atomic mass is 19.4. The van der Waals surface area contributed by atoms with Crippen molar-refractivity contribution in [3.63, 3.8) is 0 Å². The number of rotatable bonds is 4. The molecule has 0 radical (unpaired) electrons. The summed E-state index contributed by atoms with van der Waals surface area (Å²) in [6.07, 6.45) is -8.71. The molecule has 0 saturated carbocycles. The Morgan fingerprint density at radius 2 is 1.56 bits per heavy atom. The van der Waals surface area contributed by atoms with E-state index in [1.165, 1.54) is 24.3 Å². The Morgan fingerprint density at radius 1 is 0.977 bits per heavy atom. The summed E-state index contributed by atoms with van der Waals surface area (Å²) in [7, 11) is 0. The van der Waals surface area contributed by atoms with Gasteiger partial charge in [0.2, 0.25) is 17.7 Å². The van der Waals surface area contributed by atoms with Crippen LogP contribution < -0.4 is 5.32 Å². The number of imide groups is 1. The minimum atomic E-state index is -5.08. The zero-order valence-electron chi connectivity index (χ0n) is 22.5. The van der Waals surface area contributed by atoms with E-state index >= 15 is 0 Å². The minimum Gasteiger partial charge on any atom is -0.475 e. The van der Waals surface area contributed by atoms with Crippen LogP contribution in [-0.2, 0) is 31.9 Å². The first-order valence-electron chi connectivity index (χ1n) is 13.1. The third kappa shape index (κ3) is 6.08. The van der Waals surface area contributed by atoms with Gasteiger partial charge >= 0.3 is 18.3 Å². The molecule has 0 aliphatic carbocycles. The second-order valence-corrected chi connectivity index (χ2v) is 10.4. The Balaban J connectivity index is 0.000000541. The molecule has 3 amide bonds. The van der Waals surface area contributed by atoms with Gasteiger partial charge in [0.05, 0.1) is 17.4 Å². The molecule has 43 heavy (non-hydrogen) atoms. The van der Waals surface area contributed by atoms with Crippen LogP contribution in [0.5, 0.6) is 0 Å². The van der Waals surface area contributed by atoms with Crippen LogP contribution in [0.25, 0.3) is 0 Å². The Bertz CT molecular complexity index is 1400. The van der Waals surface area contributed by atoms with Crippen LogP contribution in [0.4, 0.5) is 30.7 Å². The number of likely N-dealkylation sites (tertiary alicyclic amines) is 2. The maximum absolute atomic E-state index is 13.9. The fourth-order valence-electron chi connectivity index (χ4n) is 5.97. The molecule has 2 N–H and O–H groups in total. The van der Waals surface area contributed by atoms with Crippen LogP contribution >= 0.6 is 0 Å². The predicted molar refractivity (Wildman–Crippen MR) is 134 cm³/mol. The zero-order chi connectivity index (χ0) is 31.9. The summed E-state index contributed by atoms with van der Waals surface area (Å²) in [5, 5.41) is 10.4. The molecule has 2 aromatic rings. The van der Waals surface area contributed by atoms with Gasteiger partial charge in [-0.25, -0.2) is 9.18 Å². The Labute approximate surface area is 240 Å². The number of amides is 3. The fourth-order valence-corrected chi connectivity index (χ4v) is 5.97. The summed E-state index contributed by atoms with van der Waals surface area (Å²) in [6, 6.07) is 9.48. The first-order chi connectivity index (χ1) is 20.0. The van der Waals surface area contributed by atoms with Crippen LogP contribution in [0.15, 0.2) is 48.5 Å². The number of halogens is 7. The van der Waals surface area contributed by atoms with Crippen molar-refractivity contribution in [2.24, 2.45) is 11.8 Å². The number of aliphatic carboxylic acids is 1.